The van der Waals surface area contributed by atoms with E-state index in [0.29, 0.717) is 5.13 Å². The van der Waals surface area contributed by atoms with E-state index < -0.39 is 0 Å². The lowest BCUT2D eigenvalue weighted by Gasteiger charge is -2.29. The van der Waals surface area contributed by atoms with Gasteiger partial charge in [-0.2, -0.15) is 0 Å². The van der Waals surface area contributed by atoms with Gasteiger partial charge in [-0.1, -0.05) is 12.1 Å². The second-order valence-corrected chi connectivity index (χ2v) is 9.09. The number of nitrogens with zero attached hydrogens (tertiary/aromatic N) is 4. The molecule has 0 unspecified atom stereocenters. The molecule has 1 aromatic carbocycles. The molecular weight excluding hydrogens is 452 g/mol. The Morgan fingerprint density at radius 3 is 2.52 bits per heavy atom. The molecule has 2 aliphatic rings. The van der Waals surface area contributed by atoms with Crippen LogP contribution in [0.3, 0.4) is 0 Å². The summed E-state index contributed by atoms with van der Waals surface area (Å²) >= 11 is 3.17. The Labute approximate surface area is 206 Å². The number of thioether (sulfide) groups is 1. The summed E-state index contributed by atoms with van der Waals surface area (Å²) in [4.78, 5) is 14.8. The summed E-state index contributed by atoms with van der Waals surface area (Å²) in [6.07, 6.45) is 5.23. The van der Waals surface area contributed by atoms with Crippen LogP contribution in [0.25, 0.3) is 5.70 Å². The molecule has 0 saturated carbocycles. The van der Waals surface area contributed by atoms with Gasteiger partial charge in [0.25, 0.3) is 0 Å². The van der Waals surface area contributed by atoms with Gasteiger partial charge in [0.15, 0.2) is 0 Å². The molecule has 3 heterocycles. The highest BCUT2D eigenvalue weighted by Gasteiger charge is 2.11. The monoisotopic (exact) mass is 488 g/mol. The molecule has 2 aromatic rings. The first-order valence-corrected chi connectivity index (χ1v) is 13.1. The fourth-order valence-corrected chi connectivity index (χ4v) is 4.87. The maximum Gasteiger partial charge on any atom is 0.209 e. The largest absolute Gasteiger partial charge is 0.400 e. The van der Waals surface area contributed by atoms with Crippen LogP contribution >= 0.6 is 23.1 Å². The smallest absolute Gasteiger partial charge is 0.209 e. The molecule has 0 aliphatic carbocycles. The Morgan fingerprint density at radius 1 is 1.18 bits per heavy atom. The molecule has 33 heavy (non-hydrogen) atoms. The fourth-order valence-electron chi connectivity index (χ4n) is 3.45. The molecule has 4 rings (SSSR count). The van der Waals surface area contributed by atoms with Gasteiger partial charge in [-0.3, -0.25) is 4.99 Å². The summed E-state index contributed by atoms with van der Waals surface area (Å²) < 4.78 is 0. The van der Waals surface area contributed by atoms with Crippen LogP contribution in [0.2, 0.25) is 0 Å². The number of thiazole rings is 1. The van der Waals surface area contributed by atoms with Crippen LogP contribution in [-0.2, 0) is 5.75 Å². The van der Waals surface area contributed by atoms with E-state index in [4.69, 9.17) is 5.11 Å². The number of anilines is 1. The average molecular weight is 489 g/mol. The Hall–Kier alpha value is -2.04. The second-order valence-electron chi connectivity index (χ2n) is 7.39. The Kier molecular flexibility index (Phi) is 13.6. The standard InChI is InChI=1S/C19H22N4S2.C4H10N2.CH4O/c1-20-17(18-14-25-19(21-2)22-18)13-24-12-15-7-6-8-16(11-15)23-9-4-3-5-10-23;1-2-5-4-6-3-1;1-2/h6-8,11,13-14H,1-5,9-10,12H2;5-6H,1-4H2;2H,1H3/b17-13-;;. The summed E-state index contributed by atoms with van der Waals surface area (Å²) in [7, 11) is 1.00. The van der Waals surface area contributed by atoms with Crippen molar-refractivity contribution in [2.45, 2.75) is 31.4 Å². The quantitative estimate of drug-likeness (QED) is 0.497. The Balaban J connectivity index is 0.000000411. The first-order valence-electron chi connectivity index (χ1n) is 11.2. The van der Waals surface area contributed by atoms with E-state index in [-0.39, 0.29) is 0 Å². The lowest BCUT2D eigenvalue weighted by molar-refractivity contribution is 0.399. The molecule has 0 atom stereocenters. The van der Waals surface area contributed by atoms with E-state index in [0.717, 1.165) is 30.9 Å². The summed E-state index contributed by atoms with van der Waals surface area (Å²) in [6.45, 7) is 12.9. The van der Waals surface area contributed by atoms with Gasteiger partial charge in [0.2, 0.25) is 5.13 Å². The lowest BCUT2D eigenvalue weighted by Crippen LogP contribution is -2.37. The predicted octanol–water partition coefficient (Wildman–Crippen LogP) is 4.53. The number of nitrogens with one attached hydrogen (secondary N) is 2. The van der Waals surface area contributed by atoms with Crippen molar-refractivity contribution < 1.29 is 5.11 Å². The first-order chi connectivity index (χ1) is 16.3. The van der Waals surface area contributed by atoms with E-state index in [1.54, 1.807) is 11.8 Å². The molecule has 0 radical (unpaired) electrons. The highest BCUT2D eigenvalue weighted by atomic mass is 32.2. The SMILES string of the molecule is C1CNCNC1.C=N/C(=C\SCc1cccc(N2CCCCC2)c1)c1csc(N=C)n1.CO. The summed E-state index contributed by atoms with van der Waals surface area (Å²) in [5, 5.41) is 18.0. The normalized spacial score (nSPS) is 16.1. The molecule has 180 valence electrons. The highest BCUT2D eigenvalue weighted by Crippen LogP contribution is 2.28. The zero-order chi connectivity index (χ0) is 23.7. The van der Waals surface area contributed by atoms with Crippen molar-refractivity contribution in [2.24, 2.45) is 9.98 Å². The van der Waals surface area contributed by atoms with Gasteiger partial charge in [0.05, 0.1) is 5.70 Å². The van der Waals surface area contributed by atoms with E-state index in [1.807, 2.05) is 10.8 Å². The van der Waals surface area contributed by atoms with Crippen LogP contribution < -0.4 is 15.5 Å². The molecule has 1 aromatic heterocycles. The van der Waals surface area contributed by atoms with Crippen molar-refractivity contribution in [3.8, 4) is 0 Å². The second kappa shape index (κ2) is 16.6. The number of aromatic nitrogens is 1. The third-order valence-corrected chi connectivity index (χ3v) is 6.76. The number of aliphatic imine (C=N–C) groups is 2. The lowest BCUT2D eigenvalue weighted by atomic mass is 10.1. The van der Waals surface area contributed by atoms with Crippen molar-refractivity contribution in [1.82, 2.24) is 15.6 Å². The number of benzene rings is 1. The third-order valence-electron chi connectivity index (χ3n) is 5.09. The number of aliphatic hydroxyl groups is 1. The van der Waals surface area contributed by atoms with E-state index in [2.05, 4.69) is 68.2 Å². The minimum Gasteiger partial charge on any atom is -0.400 e. The van der Waals surface area contributed by atoms with Crippen LogP contribution in [0.4, 0.5) is 10.8 Å². The van der Waals surface area contributed by atoms with Gasteiger partial charge < -0.3 is 20.6 Å². The van der Waals surface area contributed by atoms with Gasteiger partial charge in [0.1, 0.15) is 5.69 Å². The van der Waals surface area contributed by atoms with Gasteiger partial charge >= 0.3 is 0 Å². The number of hydrogen-bond donors (Lipinski definition) is 3. The molecule has 0 bridgehead atoms. The third kappa shape index (κ3) is 9.77. The number of piperidine rings is 1. The van der Waals surface area contributed by atoms with E-state index in [9.17, 15) is 0 Å². The molecule has 9 heteroatoms. The van der Waals surface area contributed by atoms with Crippen molar-refractivity contribution >= 4 is 53.0 Å². The minimum absolute atomic E-state index is 0.656. The topological polar surface area (TPSA) is 85.1 Å². The number of rotatable bonds is 7. The first kappa shape index (κ1) is 27.2. The molecule has 2 aliphatic heterocycles. The van der Waals surface area contributed by atoms with Crippen LogP contribution in [-0.4, -0.2) is 63.5 Å². The molecule has 3 N–H and O–H groups in total. The number of aliphatic hydroxyl groups excluding tert-OH is 1. The van der Waals surface area contributed by atoms with Gasteiger partial charge in [0, 0.05) is 43.7 Å². The van der Waals surface area contributed by atoms with E-state index in [1.165, 1.54) is 74.4 Å². The fraction of sp³-hybridized carbons (Fsp3) is 0.458. The zero-order valence-corrected chi connectivity index (χ0v) is 21.1. The molecule has 2 saturated heterocycles. The highest BCUT2D eigenvalue weighted by molar-refractivity contribution is 8.01. The summed E-state index contributed by atoms with van der Waals surface area (Å²) in [5.74, 6) is 0.900. The minimum atomic E-state index is 0.656. The molecule has 0 amide bonds. The zero-order valence-electron chi connectivity index (χ0n) is 19.5. The van der Waals surface area contributed by atoms with Crippen LogP contribution in [0.15, 0.2) is 45.0 Å². The summed E-state index contributed by atoms with van der Waals surface area (Å²) in [5.41, 5.74) is 4.24. The molecule has 0 spiro atoms. The van der Waals surface area contributed by atoms with Crippen LogP contribution in [0.1, 0.15) is 36.9 Å². The van der Waals surface area contributed by atoms with E-state index >= 15 is 0 Å². The van der Waals surface area contributed by atoms with Crippen LogP contribution in [0, 0.1) is 0 Å². The number of hydrogen-bond acceptors (Lipinski definition) is 9. The van der Waals surface area contributed by atoms with Crippen molar-refractivity contribution in [1.29, 1.82) is 0 Å². The maximum atomic E-state index is 7.00. The van der Waals surface area contributed by atoms with Gasteiger partial charge in [-0.25, -0.2) is 9.98 Å². The van der Waals surface area contributed by atoms with Crippen molar-refractivity contribution in [2.75, 3.05) is 44.9 Å². The predicted molar refractivity (Wildman–Crippen MR) is 146 cm³/mol. The molecular formula is C24H36N6OS2. The Morgan fingerprint density at radius 2 is 1.94 bits per heavy atom. The molecule has 7 nitrogen and oxygen atoms in total. The van der Waals surface area contributed by atoms with Crippen molar-refractivity contribution in [3.05, 3.63) is 46.3 Å². The van der Waals surface area contributed by atoms with Gasteiger partial charge in [-0.05, 0) is 75.3 Å². The van der Waals surface area contributed by atoms with Crippen LogP contribution in [0.5, 0.6) is 0 Å². The average Bonchev–Trinajstić information content (AvgIpc) is 3.39. The van der Waals surface area contributed by atoms with Gasteiger partial charge in [-0.15, -0.1) is 23.1 Å². The maximum absolute atomic E-state index is 7.00. The molecule has 2 fully saturated rings. The summed E-state index contributed by atoms with van der Waals surface area (Å²) in [6, 6.07) is 8.84. The Bertz CT molecular complexity index is 849. The van der Waals surface area contributed by atoms with Crippen molar-refractivity contribution in [3.63, 3.8) is 0 Å².